The van der Waals surface area contributed by atoms with Gasteiger partial charge in [0.25, 0.3) is 0 Å². The van der Waals surface area contributed by atoms with Crippen LogP contribution in [-0.2, 0) is 10.2 Å². The molecule has 140 valence electrons. The Morgan fingerprint density at radius 2 is 1.38 bits per heavy atom. The third kappa shape index (κ3) is 3.79. The van der Waals surface area contributed by atoms with E-state index in [9.17, 15) is 4.79 Å². The lowest BCUT2D eigenvalue weighted by Crippen LogP contribution is -2.46. The van der Waals surface area contributed by atoms with Gasteiger partial charge in [-0.05, 0) is 44.2 Å². The summed E-state index contributed by atoms with van der Waals surface area (Å²) in [5, 5.41) is 0. The Balaban J connectivity index is 0.00000243. The Morgan fingerprint density at radius 1 is 0.962 bits per heavy atom. The van der Waals surface area contributed by atoms with Crippen molar-refractivity contribution in [3.63, 3.8) is 0 Å². The molecule has 0 radical (unpaired) electrons. The maximum atomic E-state index is 12.8. The minimum atomic E-state index is -0.787. The zero-order chi connectivity index (χ0) is 17.9. The maximum Gasteiger partial charge on any atom is 0.232 e. The highest BCUT2D eigenvalue weighted by molar-refractivity contribution is 5.90. The number of nitrogens with zero attached hydrogens (tertiary/aromatic N) is 1. The van der Waals surface area contributed by atoms with Crippen LogP contribution in [0.25, 0.3) is 0 Å². The lowest BCUT2D eigenvalue weighted by atomic mass is 9.71. The summed E-state index contributed by atoms with van der Waals surface area (Å²) in [7, 11) is 0. The summed E-state index contributed by atoms with van der Waals surface area (Å²) in [4.78, 5) is 15.3. The van der Waals surface area contributed by atoms with Gasteiger partial charge in [-0.3, -0.25) is 9.69 Å². The average molecular weight is 373 g/mol. The molecule has 0 saturated carbocycles. The normalized spacial score (nSPS) is 20.5. The summed E-state index contributed by atoms with van der Waals surface area (Å²) in [5.74, 6) is -0.274. The first-order valence-electron chi connectivity index (χ1n) is 9.22. The Labute approximate surface area is 163 Å². The van der Waals surface area contributed by atoms with Crippen LogP contribution in [0.15, 0.2) is 60.7 Å². The quantitative estimate of drug-likeness (QED) is 0.828. The molecule has 2 unspecified atom stereocenters. The van der Waals surface area contributed by atoms with Crippen molar-refractivity contribution in [2.75, 3.05) is 6.54 Å². The Bertz CT molecular complexity index is 655. The van der Waals surface area contributed by atoms with Crippen LogP contribution in [-0.4, -0.2) is 29.4 Å². The Morgan fingerprint density at radius 3 is 1.77 bits per heavy atom. The Kier molecular flexibility index (Phi) is 6.85. The molecule has 1 saturated heterocycles. The number of nitrogens with two attached hydrogens (primary N) is 1. The molecular weight excluding hydrogens is 344 g/mol. The highest BCUT2D eigenvalue weighted by atomic mass is 35.5. The fourth-order valence-electron chi connectivity index (χ4n) is 4.29. The summed E-state index contributed by atoms with van der Waals surface area (Å²) in [5.41, 5.74) is 7.20. The van der Waals surface area contributed by atoms with Crippen LogP contribution in [0.2, 0.25) is 0 Å². The molecule has 4 heteroatoms. The first kappa shape index (κ1) is 20.5. The van der Waals surface area contributed by atoms with Crippen LogP contribution in [0.3, 0.4) is 0 Å². The molecule has 0 spiro atoms. The second-order valence-electron chi connectivity index (χ2n) is 7.26. The van der Waals surface area contributed by atoms with Crippen molar-refractivity contribution in [3.05, 3.63) is 71.8 Å². The van der Waals surface area contributed by atoms with Crippen LogP contribution in [0.5, 0.6) is 0 Å². The summed E-state index contributed by atoms with van der Waals surface area (Å²) in [6.07, 6.45) is 3.15. The van der Waals surface area contributed by atoms with Crippen molar-refractivity contribution in [2.45, 2.75) is 50.6 Å². The van der Waals surface area contributed by atoms with E-state index in [2.05, 4.69) is 18.7 Å². The van der Waals surface area contributed by atoms with Crippen LogP contribution in [0.4, 0.5) is 0 Å². The lowest BCUT2D eigenvalue weighted by Gasteiger charge is -2.35. The third-order valence-electron chi connectivity index (χ3n) is 5.83. The molecule has 2 atom stereocenters. The van der Waals surface area contributed by atoms with Gasteiger partial charge >= 0.3 is 0 Å². The minimum absolute atomic E-state index is 0. The molecule has 1 fully saturated rings. The molecule has 1 aliphatic heterocycles. The number of benzene rings is 2. The van der Waals surface area contributed by atoms with Crippen molar-refractivity contribution in [1.82, 2.24) is 4.90 Å². The maximum absolute atomic E-state index is 12.8. The van der Waals surface area contributed by atoms with Gasteiger partial charge in [0.15, 0.2) is 0 Å². The van der Waals surface area contributed by atoms with Crippen molar-refractivity contribution in [3.8, 4) is 0 Å². The molecule has 1 heterocycles. The molecule has 2 aromatic carbocycles. The van der Waals surface area contributed by atoms with Gasteiger partial charge < -0.3 is 5.73 Å². The number of carbonyl (C=O) groups excluding carboxylic acids is 1. The van der Waals surface area contributed by atoms with E-state index in [0.29, 0.717) is 18.5 Å². The van der Waals surface area contributed by atoms with Gasteiger partial charge in [-0.2, -0.15) is 0 Å². The minimum Gasteiger partial charge on any atom is -0.369 e. The van der Waals surface area contributed by atoms with Crippen LogP contribution in [0, 0.1) is 0 Å². The van der Waals surface area contributed by atoms with E-state index in [4.69, 9.17) is 5.73 Å². The molecule has 0 aliphatic carbocycles. The zero-order valence-electron chi connectivity index (χ0n) is 15.6. The van der Waals surface area contributed by atoms with Gasteiger partial charge in [-0.15, -0.1) is 12.4 Å². The van der Waals surface area contributed by atoms with Crippen LogP contribution >= 0.6 is 12.4 Å². The number of rotatable bonds is 6. The predicted molar refractivity (Wildman–Crippen MR) is 110 cm³/mol. The molecule has 2 aromatic rings. The van der Waals surface area contributed by atoms with E-state index in [-0.39, 0.29) is 18.3 Å². The molecule has 0 aromatic heterocycles. The number of primary amides is 1. The highest BCUT2D eigenvalue weighted by Gasteiger charge is 2.41. The van der Waals surface area contributed by atoms with Crippen LogP contribution in [0.1, 0.15) is 44.2 Å². The van der Waals surface area contributed by atoms with Crippen molar-refractivity contribution < 1.29 is 4.79 Å². The second kappa shape index (κ2) is 8.70. The van der Waals surface area contributed by atoms with E-state index in [1.54, 1.807) is 0 Å². The van der Waals surface area contributed by atoms with Gasteiger partial charge in [0.2, 0.25) is 5.91 Å². The van der Waals surface area contributed by atoms with Gasteiger partial charge in [-0.1, -0.05) is 60.7 Å². The lowest BCUT2D eigenvalue weighted by molar-refractivity contribution is -0.122. The van der Waals surface area contributed by atoms with E-state index < -0.39 is 5.41 Å². The molecule has 26 heavy (non-hydrogen) atoms. The monoisotopic (exact) mass is 372 g/mol. The fourth-order valence-corrected chi connectivity index (χ4v) is 4.29. The molecule has 2 N–H and O–H groups in total. The Hall–Kier alpha value is -1.84. The zero-order valence-corrected chi connectivity index (χ0v) is 16.4. The smallest absolute Gasteiger partial charge is 0.232 e. The molecule has 0 bridgehead atoms. The summed E-state index contributed by atoms with van der Waals surface area (Å²) in [6, 6.07) is 21.1. The first-order chi connectivity index (χ1) is 12.1. The van der Waals surface area contributed by atoms with E-state index in [1.165, 1.54) is 12.8 Å². The number of amides is 1. The van der Waals surface area contributed by atoms with Crippen molar-refractivity contribution >= 4 is 18.3 Å². The number of hydrogen-bond acceptors (Lipinski definition) is 2. The van der Waals surface area contributed by atoms with Crippen LogP contribution < -0.4 is 5.73 Å². The van der Waals surface area contributed by atoms with E-state index >= 15 is 0 Å². The SMILES string of the molecule is CC1CCC(C)N1CCC(C(N)=O)(c1ccccc1)c1ccccc1.Cl. The second-order valence-corrected chi connectivity index (χ2v) is 7.26. The number of hydrogen-bond donors (Lipinski definition) is 1. The van der Waals surface area contributed by atoms with Gasteiger partial charge in [-0.25, -0.2) is 0 Å². The predicted octanol–water partition coefficient (Wildman–Crippen LogP) is 4.14. The van der Waals surface area contributed by atoms with E-state index in [0.717, 1.165) is 17.7 Å². The highest BCUT2D eigenvalue weighted by Crippen LogP contribution is 2.37. The molecule has 3 rings (SSSR count). The standard InChI is InChI=1S/C22H28N2O.ClH/c1-17-13-14-18(2)24(17)16-15-22(21(23)25,19-9-5-3-6-10-19)20-11-7-4-8-12-20;/h3-12,17-18H,13-16H2,1-2H3,(H2,23,25);1H. The van der Waals surface area contributed by atoms with Crippen molar-refractivity contribution in [1.29, 1.82) is 0 Å². The number of carbonyl (C=O) groups is 1. The van der Waals surface area contributed by atoms with Crippen molar-refractivity contribution in [2.24, 2.45) is 5.73 Å². The van der Waals surface area contributed by atoms with Gasteiger partial charge in [0.1, 0.15) is 0 Å². The van der Waals surface area contributed by atoms with E-state index in [1.807, 2.05) is 60.7 Å². The number of likely N-dealkylation sites (tertiary alicyclic amines) is 1. The third-order valence-corrected chi connectivity index (χ3v) is 5.83. The summed E-state index contributed by atoms with van der Waals surface area (Å²) >= 11 is 0. The van der Waals surface area contributed by atoms with Gasteiger partial charge in [0.05, 0.1) is 5.41 Å². The summed E-state index contributed by atoms with van der Waals surface area (Å²) in [6.45, 7) is 5.43. The largest absolute Gasteiger partial charge is 0.369 e. The molecule has 3 nitrogen and oxygen atoms in total. The molecule has 1 aliphatic rings. The fraction of sp³-hybridized carbons (Fsp3) is 0.409. The average Bonchev–Trinajstić information content (AvgIpc) is 2.95. The first-order valence-corrected chi connectivity index (χ1v) is 9.22. The molecule has 1 amide bonds. The molecular formula is C22H29ClN2O. The topological polar surface area (TPSA) is 46.3 Å². The summed E-state index contributed by atoms with van der Waals surface area (Å²) < 4.78 is 0. The number of halogens is 1. The van der Waals surface area contributed by atoms with Gasteiger partial charge in [0, 0.05) is 18.6 Å².